The van der Waals surface area contributed by atoms with Gasteiger partial charge in [-0.05, 0) is 31.2 Å². The van der Waals surface area contributed by atoms with Crippen LogP contribution in [0.25, 0.3) is 11.1 Å². The van der Waals surface area contributed by atoms with Crippen molar-refractivity contribution in [3.05, 3.63) is 23.0 Å². The molecule has 1 unspecified atom stereocenters. The van der Waals surface area contributed by atoms with Gasteiger partial charge in [0.15, 0.2) is 0 Å². The summed E-state index contributed by atoms with van der Waals surface area (Å²) < 4.78 is 5.21. The fraction of sp³-hybridized carbons (Fsp3) is 0.556. The smallest absolute Gasteiger partial charge is 0.308 e. The molecular formula is C18H25N3O4. The Morgan fingerprint density at radius 2 is 1.96 bits per heavy atom. The van der Waals surface area contributed by atoms with E-state index in [1.807, 2.05) is 27.7 Å². The van der Waals surface area contributed by atoms with E-state index in [1.165, 1.54) is 0 Å². The van der Waals surface area contributed by atoms with E-state index in [4.69, 9.17) is 4.52 Å². The van der Waals surface area contributed by atoms with E-state index < -0.39 is 11.9 Å². The summed E-state index contributed by atoms with van der Waals surface area (Å²) in [5.74, 6) is -1.50. The van der Waals surface area contributed by atoms with E-state index in [-0.39, 0.29) is 24.3 Å². The van der Waals surface area contributed by atoms with Crippen LogP contribution in [0, 0.1) is 18.8 Å². The molecular weight excluding hydrogens is 322 g/mol. The van der Waals surface area contributed by atoms with E-state index in [9.17, 15) is 14.7 Å². The molecule has 2 aromatic heterocycles. The molecule has 7 heteroatoms. The van der Waals surface area contributed by atoms with E-state index in [0.29, 0.717) is 28.8 Å². The van der Waals surface area contributed by atoms with Gasteiger partial charge >= 0.3 is 5.97 Å². The first-order valence-electron chi connectivity index (χ1n) is 8.48. The molecule has 2 N–H and O–H groups in total. The number of carboxylic acid groups (broad SMARTS) is 1. The number of carbonyl (C=O) groups excluding carboxylic acids is 1. The minimum absolute atomic E-state index is 0.0809. The fourth-order valence-corrected chi connectivity index (χ4v) is 2.74. The zero-order valence-corrected chi connectivity index (χ0v) is 15.3. The van der Waals surface area contributed by atoms with Gasteiger partial charge in [0.25, 0.3) is 11.6 Å². The second kappa shape index (κ2) is 7.63. The standard InChI is InChI=1S/C18H25N3O4/c1-9(2)6-12(18(23)24)8-19-16(22)13-7-14(10(3)4)20-17-15(13)11(5)21-25-17/h7,9-10,12H,6,8H2,1-5H3,(H,19,22)(H,23,24). The van der Waals surface area contributed by atoms with Crippen molar-refractivity contribution in [1.29, 1.82) is 0 Å². The second-order valence-corrected chi connectivity index (χ2v) is 7.07. The number of rotatable bonds is 7. The maximum atomic E-state index is 12.7. The van der Waals surface area contributed by atoms with Crippen molar-refractivity contribution < 1.29 is 19.2 Å². The second-order valence-electron chi connectivity index (χ2n) is 7.07. The third-order valence-electron chi connectivity index (χ3n) is 4.09. The Balaban J connectivity index is 2.29. The quantitative estimate of drug-likeness (QED) is 0.797. The van der Waals surface area contributed by atoms with Gasteiger partial charge in [-0.25, -0.2) is 4.98 Å². The van der Waals surface area contributed by atoms with Crippen LogP contribution in [0.1, 0.15) is 61.8 Å². The summed E-state index contributed by atoms with van der Waals surface area (Å²) in [4.78, 5) is 28.5. The van der Waals surface area contributed by atoms with Crippen LogP contribution in [0.2, 0.25) is 0 Å². The summed E-state index contributed by atoms with van der Waals surface area (Å²) in [6.07, 6.45) is 0.505. The maximum absolute atomic E-state index is 12.7. The third kappa shape index (κ3) is 4.35. The molecule has 2 aromatic rings. The maximum Gasteiger partial charge on any atom is 0.308 e. The normalized spacial score (nSPS) is 12.8. The van der Waals surface area contributed by atoms with Gasteiger partial charge in [-0.15, -0.1) is 0 Å². The first-order chi connectivity index (χ1) is 11.7. The van der Waals surface area contributed by atoms with Gasteiger partial charge < -0.3 is 14.9 Å². The first kappa shape index (κ1) is 18.9. The van der Waals surface area contributed by atoms with Gasteiger partial charge in [0.1, 0.15) is 0 Å². The number of nitrogens with one attached hydrogen (secondary N) is 1. The first-order valence-corrected chi connectivity index (χ1v) is 8.48. The number of pyridine rings is 1. The fourth-order valence-electron chi connectivity index (χ4n) is 2.74. The monoisotopic (exact) mass is 347 g/mol. The Bertz CT molecular complexity index is 780. The van der Waals surface area contributed by atoms with Crippen molar-refractivity contribution >= 4 is 23.0 Å². The van der Waals surface area contributed by atoms with Gasteiger partial charge in [-0.2, -0.15) is 0 Å². The topological polar surface area (TPSA) is 105 Å². The summed E-state index contributed by atoms with van der Waals surface area (Å²) in [5, 5.41) is 16.5. The molecule has 7 nitrogen and oxygen atoms in total. The zero-order valence-electron chi connectivity index (χ0n) is 15.3. The molecule has 0 radical (unpaired) electrons. The largest absolute Gasteiger partial charge is 0.481 e. The molecule has 0 spiro atoms. The highest BCUT2D eigenvalue weighted by atomic mass is 16.5. The number of hydrogen-bond acceptors (Lipinski definition) is 5. The molecule has 1 amide bonds. The van der Waals surface area contributed by atoms with Crippen molar-refractivity contribution in [3.8, 4) is 0 Å². The average molecular weight is 347 g/mol. The number of aromatic nitrogens is 2. The summed E-state index contributed by atoms with van der Waals surface area (Å²) >= 11 is 0. The minimum Gasteiger partial charge on any atom is -0.481 e. The SMILES string of the molecule is Cc1noc2nc(C(C)C)cc(C(=O)NCC(CC(C)C)C(=O)O)c12. The molecule has 2 rings (SSSR count). The summed E-state index contributed by atoms with van der Waals surface area (Å²) in [5.41, 5.74) is 2.05. The van der Waals surface area contributed by atoms with Crippen LogP contribution in [0.4, 0.5) is 0 Å². The van der Waals surface area contributed by atoms with Crippen molar-refractivity contribution in [2.45, 2.75) is 47.0 Å². The number of fused-ring (bicyclic) bond motifs is 1. The van der Waals surface area contributed by atoms with E-state index >= 15 is 0 Å². The molecule has 0 aliphatic carbocycles. The van der Waals surface area contributed by atoms with Crippen LogP contribution >= 0.6 is 0 Å². The number of carboxylic acids is 1. The number of nitrogens with zero attached hydrogens (tertiary/aromatic N) is 2. The van der Waals surface area contributed by atoms with Gasteiger partial charge in [0.05, 0.1) is 22.6 Å². The van der Waals surface area contributed by atoms with Gasteiger partial charge in [0.2, 0.25) is 0 Å². The highest BCUT2D eigenvalue weighted by Crippen LogP contribution is 2.25. The zero-order chi connectivity index (χ0) is 18.7. The third-order valence-corrected chi connectivity index (χ3v) is 4.09. The molecule has 0 aliphatic rings. The highest BCUT2D eigenvalue weighted by Gasteiger charge is 2.23. The Kier molecular flexibility index (Phi) is 5.77. The van der Waals surface area contributed by atoms with Crippen LogP contribution < -0.4 is 5.32 Å². The summed E-state index contributed by atoms with van der Waals surface area (Å²) in [6.45, 7) is 9.69. The van der Waals surface area contributed by atoms with Crippen LogP contribution in [0.3, 0.4) is 0 Å². The molecule has 0 fully saturated rings. The van der Waals surface area contributed by atoms with E-state index in [1.54, 1.807) is 13.0 Å². The Hall–Kier alpha value is -2.44. The molecule has 2 heterocycles. The van der Waals surface area contributed by atoms with Gasteiger partial charge in [-0.1, -0.05) is 32.9 Å². The van der Waals surface area contributed by atoms with Gasteiger partial charge in [0, 0.05) is 12.2 Å². The van der Waals surface area contributed by atoms with Crippen LogP contribution in [-0.2, 0) is 4.79 Å². The number of aryl methyl sites for hydroxylation is 1. The number of hydrogen-bond donors (Lipinski definition) is 2. The van der Waals surface area contributed by atoms with E-state index in [0.717, 1.165) is 5.69 Å². The Labute approximate surface area is 146 Å². The molecule has 25 heavy (non-hydrogen) atoms. The summed E-state index contributed by atoms with van der Waals surface area (Å²) in [6, 6.07) is 1.73. The molecule has 0 aliphatic heterocycles. The molecule has 0 bridgehead atoms. The van der Waals surface area contributed by atoms with Gasteiger partial charge in [-0.3, -0.25) is 9.59 Å². The Morgan fingerprint density at radius 3 is 2.52 bits per heavy atom. The molecule has 1 atom stereocenters. The molecule has 0 saturated carbocycles. The van der Waals surface area contributed by atoms with Crippen LogP contribution in [0.15, 0.2) is 10.6 Å². The number of aliphatic carboxylic acids is 1. The van der Waals surface area contributed by atoms with Crippen molar-refractivity contribution in [2.75, 3.05) is 6.54 Å². The van der Waals surface area contributed by atoms with Crippen LogP contribution in [0.5, 0.6) is 0 Å². The van der Waals surface area contributed by atoms with Crippen LogP contribution in [-0.4, -0.2) is 33.7 Å². The lowest BCUT2D eigenvalue weighted by Crippen LogP contribution is -2.34. The van der Waals surface area contributed by atoms with Crippen molar-refractivity contribution in [3.63, 3.8) is 0 Å². The lowest BCUT2D eigenvalue weighted by molar-refractivity contribution is -0.142. The molecule has 136 valence electrons. The highest BCUT2D eigenvalue weighted by molar-refractivity contribution is 6.06. The summed E-state index contributed by atoms with van der Waals surface area (Å²) in [7, 11) is 0. The molecule has 0 aromatic carbocycles. The van der Waals surface area contributed by atoms with Crippen molar-refractivity contribution in [2.24, 2.45) is 11.8 Å². The average Bonchev–Trinajstić information content (AvgIpc) is 2.91. The predicted octanol–water partition coefficient (Wildman–Crippen LogP) is 3.13. The minimum atomic E-state index is -0.905. The lowest BCUT2D eigenvalue weighted by atomic mass is 9.97. The van der Waals surface area contributed by atoms with Crippen molar-refractivity contribution in [1.82, 2.24) is 15.5 Å². The molecule has 0 saturated heterocycles. The Morgan fingerprint density at radius 1 is 1.28 bits per heavy atom. The van der Waals surface area contributed by atoms with E-state index in [2.05, 4.69) is 15.5 Å². The number of amides is 1. The number of carbonyl (C=O) groups is 2. The predicted molar refractivity (Wildman–Crippen MR) is 93.5 cm³/mol. The lowest BCUT2D eigenvalue weighted by Gasteiger charge is -2.16.